The number of ether oxygens (including phenoxy) is 1. The summed E-state index contributed by atoms with van der Waals surface area (Å²) in [4.78, 5) is 25.3. The summed E-state index contributed by atoms with van der Waals surface area (Å²) in [7, 11) is 3.29. The van der Waals surface area contributed by atoms with Gasteiger partial charge in [0.05, 0.1) is 0 Å². The highest BCUT2D eigenvalue weighted by atomic mass is 35.5. The summed E-state index contributed by atoms with van der Waals surface area (Å²) in [5.41, 5.74) is 4.57. The second kappa shape index (κ2) is 10.3. The SMILES string of the molecule is CNCCC[C@@H](C(=O)O)N(C)C(=O)OCC1c2ccccc2-c2ccccc21.Cl. The Kier molecular flexibility index (Phi) is 8.05. The summed E-state index contributed by atoms with van der Waals surface area (Å²) in [5, 5.41) is 12.4. The Balaban J connectivity index is 0.00000300. The second-order valence-electron chi connectivity index (χ2n) is 7.01. The molecule has 2 N–H and O–H groups in total. The van der Waals surface area contributed by atoms with Crippen molar-refractivity contribution in [2.45, 2.75) is 24.8 Å². The molecule has 1 aliphatic rings. The predicted molar refractivity (Wildman–Crippen MR) is 115 cm³/mol. The first-order chi connectivity index (χ1) is 13.5. The van der Waals surface area contributed by atoms with Crippen LogP contribution < -0.4 is 5.32 Å². The number of benzene rings is 2. The molecule has 29 heavy (non-hydrogen) atoms. The molecule has 0 aliphatic heterocycles. The van der Waals surface area contributed by atoms with Gasteiger partial charge in [-0.2, -0.15) is 0 Å². The van der Waals surface area contributed by atoms with Gasteiger partial charge in [-0.3, -0.25) is 4.90 Å². The van der Waals surface area contributed by atoms with E-state index in [-0.39, 0.29) is 24.9 Å². The normalized spacial score (nSPS) is 13.0. The number of halogens is 1. The summed E-state index contributed by atoms with van der Waals surface area (Å²) >= 11 is 0. The number of carboxylic acids is 1. The number of carbonyl (C=O) groups is 2. The van der Waals surface area contributed by atoms with Crippen LogP contribution in [0.1, 0.15) is 29.9 Å². The molecule has 2 aromatic carbocycles. The van der Waals surface area contributed by atoms with Gasteiger partial charge in [0.1, 0.15) is 12.6 Å². The van der Waals surface area contributed by atoms with E-state index in [9.17, 15) is 14.7 Å². The lowest BCUT2D eigenvalue weighted by Crippen LogP contribution is -2.43. The van der Waals surface area contributed by atoms with E-state index >= 15 is 0 Å². The Morgan fingerprint density at radius 3 is 2.17 bits per heavy atom. The molecule has 0 radical (unpaired) electrons. The zero-order valence-corrected chi connectivity index (χ0v) is 17.4. The second-order valence-corrected chi connectivity index (χ2v) is 7.01. The van der Waals surface area contributed by atoms with Gasteiger partial charge in [-0.25, -0.2) is 9.59 Å². The number of likely N-dealkylation sites (N-methyl/N-ethyl adjacent to an activating group) is 1. The first kappa shape index (κ1) is 22.7. The fourth-order valence-electron chi connectivity index (χ4n) is 3.78. The zero-order valence-electron chi connectivity index (χ0n) is 16.6. The van der Waals surface area contributed by atoms with Gasteiger partial charge in [0.15, 0.2) is 0 Å². The van der Waals surface area contributed by atoms with Gasteiger partial charge in [0.25, 0.3) is 0 Å². The summed E-state index contributed by atoms with van der Waals surface area (Å²) in [5.74, 6) is -1.07. The van der Waals surface area contributed by atoms with Crippen molar-refractivity contribution in [3.63, 3.8) is 0 Å². The lowest BCUT2D eigenvalue weighted by molar-refractivity contribution is -0.142. The molecule has 0 bridgehead atoms. The van der Waals surface area contributed by atoms with Gasteiger partial charge in [0.2, 0.25) is 0 Å². The number of fused-ring (bicyclic) bond motifs is 3. The monoisotopic (exact) mass is 418 g/mol. The molecule has 0 saturated heterocycles. The molecule has 6 nitrogen and oxygen atoms in total. The van der Waals surface area contributed by atoms with E-state index in [1.807, 2.05) is 31.3 Å². The largest absolute Gasteiger partial charge is 0.480 e. The van der Waals surface area contributed by atoms with Gasteiger partial charge in [-0.1, -0.05) is 48.5 Å². The van der Waals surface area contributed by atoms with Gasteiger partial charge in [0, 0.05) is 13.0 Å². The third-order valence-corrected chi connectivity index (χ3v) is 5.28. The lowest BCUT2D eigenvalue weighted by Gasteiger charge is -2.25. The van der Waals surface area contributed by atoms with Crippen LogP contribution in [0.2, 0.25) is 0 Å². The minimum Gasteiger partial charge on any atom is -0.480 e. The quantitative estimate of drug-likeness (QED) is 0.638. The average molecular weight is 419 g/mol. The van der Waals surface area contributed by atoms with Crippen LogP contribution in [-0.4, -0.2) is 55.4 Å². The van der Waals surface area contributed by atoms with Crippen molar-refractivity contribution in [3.05, 3.63) is 59.7 Å². The number of hydrogen-bond donors (Lipinski definition) is 2. The maximum absolute atomic E-state index is 12.5. The summed E-state index contributed by atoms with van der Waals surface area (Å²) in [6.45, 7) is 0.877. The first-order valence-corrected chi connectivity index (χ1v) is 9.49. The molecule has 0 aromatic heterocycles. The zero-order chi connectivity index (χ0) is 20.1. The van der Waals surface area contributed by atoms with Crippen LogP contribution >= 0.6 is 12.4 Å². The molecular weight excluding hydrogens is 392 g/mol. The molecule has 7 heteroatoms. The molecule has 0 fully saturated rings. The Labute approximate surface area is 177 Å². The molecule has 1 atom stereocenters. The van der Waals surface area contributed by atoms with Gasteiger partial charge in [-0.15, -0.1) is 12.4 Å². The Morgan fingerprint density at radius 1 is 1.10 bits per heavy atom. The highest BCUT2D eigenvalue weighted by Crippen LogP contribution is 2.44. The maximum atomic E-state index is 12.5. The smallest absolute Gasteiger partial charge is 0.410 e. The van der Waals surface area contributed by atoms with Crippen LogP contribution in [0, 0.1) is 0 Å². The van der Waals surface area contributed by atoms with Crippen molar-refractivity contribution in [3.8, 4) is 11.1 Å². The van der Waals surface area contributed by atoms with Crippen molar-refractivity contribution >= 4 is 24.5 Å². The molecule has 0 spiro atoms. The number of hydrogen-bond acceptors (Lipinski definition) is 4. The first-order valence-electron chi connectivity index (χ1n) is 9.49. The summed E-state index contributed by atoms with van der Waals surface area (Å²) < 4.78 is 5.55. The number of carboxylic acid groups (broad SMARTS) is 1. The van der Waals surface area contributed by atoms with Crippen LogP contribution in [0.5, 0.6) is 0 Å². The van der Waals surface area contributed by atoms with E-state index < -0.39 is 18.1 Å². The topological polar surface area (TPSA) is 78.9 Å². The minimum absolute atomic E-state index is 0. The molecule has 1 amide bonds. The number of aliphatic carboxylic acids is 1. The van der Waals surface area contributed by atoms with Crippen molar-refractivity contribution in [1.82, 2.24) is 10.2 Å². The van der Waals surface area contributed by atoms with Gasteiger partial charge in [-0.05, 0) is 48.7 Å². The third-order valence-electron chi connectivity index (χ3n) is 5.28. The molecule has 1 aliphatic carbocycles. The highest BCUT2D eigenvalue weighted by Gasteiger charge is 2.31. The van der Waals surface area contributed by atoms with E-state index in [1.165, 1.54) is 11.9 Å². The molecule has 0 unspecified atom stereocenters. The average Bonchev–Trinajstić information content (AvgIpc) is 3.02. The Hall–Kier alpha value is -2.57. The molecule has 156 valence electrons. The van der Waals surface area contributed by atoms with E-state index in [2.05, 4.69) is 29.6 Å². The molecule has 3 rings (SSSR count). The van der Waals surface area contributed by atoms with E-state index in [0.717, 1.165) is 22.3 Å². The van der Waals surface area contributed by atoms with Crippen LogP contribution in [0.3, 0.4) is 0 Å². The fraction of sp³-hybridized carbons (Fsp3) is 0.364. The molecule has 0 saturated carbocycles. The van der Waals surface area contributed by atoms with Crippen molar-refractivity contribution < 1.29 is 19.4 Å². The molecule has 0 heterocycles. The van der Waals surface area contributed by atoms with Crippen LogP contribution in [0.15, 0.2) is 48.5 Å². The minimum atomic E-state index is -1.02. The fourth-order valence-corrected chi connectivity index (χ4v) is 3.78. The third kappa shape index (κ3) is 4.89. The standard InChI is InChI=1S/C22H26N2O4.ClH/c1-23-13-7-12-20(21(25)26)24(2)22(27)28-14-19-17-10-5-3-8-15(17)16-9-4-6-11-18(16)19;/h3-6,8-11,19-20,23H,7,12-14H2,1-2H3,(H,25,26);1H/t20-;/m0./s1. The Morgan fingerprint density at radius 2 is 1.66 bits per heavy atom. The van der Waals surface area contributed by atoms with Crippen molar-refractivity contribution in [2.75, 3.05) is 27.2 Å². The maximum Gasteiger partial charge on any atom is 0.410 e. The van der Waals surface area contributed by atoms with Crippen LogP contribution in [0.4, 0.5) is 4.79 Å². The van der Waals surface area contributed by atoms with E-state index in [4.69, 9.17) is 4.74 Å². The lowest BCUT2D eigenvalue weighted by atomic mass is 9.98. The van der Waals surface area contributed by atoms with Crippen molar-refractivity contribution in [1.29, 1.82) is 0 Å². The van der Waals surface area contributed by atoms with Crippen molar-refractivity contribution in [2.24, 2.45) is 0 Å². The molecule has 2 aromatic rings. The molecular formula is C22H27ClN2O4. The number of rotatable bonds is 8. The van der Waals surface area contributed by atoms with Crippen LogP contribution in [0.25, 0.3) is 11.1 Å². The number of nitrogens with one attached hydrogen (secondary N) is 1. The van der Waals surface area contributed by atoms with E-state index in [0.29, 0.717) is 19.4 Å². The Bertz CT molecular complexity index is 813. The number of nitrogens with zero attached hydrogens (tertiary/aromatic N) is 1. The highest BCUT2D eigenvalue weighted by molar-refractivity contribution is 5.85. The van der Waals surface area contributed by atoms with Gasteiger partial charge >= 0.3 is 12.1 Å². The summed E-state index contributed by atoms with van der Waals surface area (Å²) in [6, 6.07) is 15.3. The predicted octanol–water partition coefficient (Wildman–Crippen LogP) is 3.74. The van der Waals surface area contributed by atoms with Gasteiger partial charge < -0.3 is 15.2 Å². The number of carbonyl (C=O) groups excluding carboxylic acids is 1. The number of amides is 1. The van der Waals surface area contributed by atoms with Crippen LogP contribution in [-0.2, 0) is 9.53 Å². The van der Waals surface area contributed by atoms with E-state index in [1.54, 1.807) is 0 Å². The summed E-state index contributed by atoms with van der Waals surface area (Å²) in [6.07, 6.45) is 0.421.